The van der Waals surface area contributed by atoms with E-state index in [9.17, 15) is 9.59 Å². The van der Waals surface area contributed by atoms with Crippen molar-refractivity contribution in [2.24, 2.45) is 5.92 Å². The number of ether oxygens (including phenoxy) is 3. The lowest BCUT2D eigenvalue weighted by Gasteiger charge is -2.30. The van der Waals surface area contributed by atoms with Gasteiger partial charge in [0.2, 0.25) is 0 Å². The number of thiophene rings is 1. The zero-order chi connectivity index (χ0) is 18.5. The van der Waals surface area contributed by atoms with Crippen LogP contribution in [-0.4, -0.2) is 54.3 Å². The zero-order valence-electron chi connectivity index (χ0n) is 15.2. The number of nitrogens with one attached hydrogen (secondary N) is 1. The molecule has 1 saturated heterocycles. The highest BCUT2D eigenvalue weighted by Crippen LogP contribution is 2.48. The summed E-state index contributed by atoms with van der Waals surface area (Å²) in [5.41, 5.74) is -0.523. The van der Waals surface area contributed by atoms with Crippen molar-refractivity contribution in [1.29, 1.82) is 0 Å². The predicted molar refractivity (Wildman–Crippen MR) is 96.0 cm³/mol. The van der Waals surface area contributed by atoms with Crippen LogP contribution in [-0.2, 0) is 4.74 Å². The van der Waals surface area contributed by atoms with Crippen LogP contribution in [0.4, 0.5) is 4.79 Å². The summed E-state index contributed by atoms with van der Waals surface area (Å²) in [6.07, 6.45) is 1.66. The lowest BCUT2D eigenvalue weighted by molar-refractivity contribution is 0.0183. The molecule has 1 aromatic heterocycles. The molecule has 3 aliphatic rings. The summed E-state index contributed by atoms with van der Waals surface area (Å²) >= 11 is 1.31. The molecule has 3 atom stereocenters. The second-order valence-corrected chi connectivity index (χ2v) is 8.89. The summed E-state index contributed by atoms with van der Waals surface area (Å²) in [6.45, 7) is 6.96. The monoisotopic (exact) mass is 380 g/mol. The third kappa shape index (κ3) is 3.34. The molecule has 2 unspecified atom stereocenters. The normalized spacial score (nSPS) is 26.3. The Balaban J connectivity index is 1.38. The first-order valence-electron chi connectivity index (χ1n) is 9.00. The van der Waals surface area contributed by atoms with Gasteiger partial charge in [0.05, 0.1) is 6.04 Å². The van der Waals surface area contributed by atoms with E-state index < -0.39 is 5.60 Å². The maximum absolute atomic E-state index is 12.6. The molecule has 0 spiro atoms. The largest absolute Gasteiger partial charge is 0.485 e. The Morgan fingerprint density at radius 2 is 2.08 bits per heavy atom. The fourth-order valence-electron chi connectivity index (χ4n) is 3.65. The number of carbonyl (C=O) groups is 2. The van der Waals surface area contributed by atoms with Gasteiger partial charge in [-0.25, -0.2) is 4.79 Å². The maximum Gasteiger partial charge on any atom is 0.410 e. The Hall–Kier alpha value is -1.96. The highest BCUT2D eigenvalue weighted by atomic mass is 32.1. The summed E-state index contributed by atoms with van der Waals surface area (Å²) in [7, 11) is 0. The maximum atomic E-state index is 12.6. The van der Waals surface area contributed by atoms with E-state index in [2.05, 4.69) is 5.32 Å². The Bertz CT molecular complexity index is 726. The average Bonchev–Trinajstić information content (AvgIpc) is 3.04. The number of hydrogen-bond donors (Lipinski definition) is 1. The summed E-state index contributed by atoms with van der Waals surface area (Å²) in [5, 5.41) is 4.75. The van der Waals surface area contributed by atoms with E-state index in [0.29, 0.717) is 42.1 Å². The van der Waals surface area contributed by atoms with E-state index in [4.69, 9.17) is 14.2 Å². The van der Waals surface area contributed by atoms with Gasteiger partial charge >= 0.3 is 6.09 Å². The van der Waals surface area contributed by atoms with Gasteiger partial charge in [0.1, 0.15) is 23.7 Å². The van der Waals surface area contributed by atoms with Gasteiger partial charge in [-0.1, -0.05) is 0 Å². The molecule has 8 heteroatoms. The minimum Gasteiger partial charge on any atom is -0.485 e. The van der Waals surface area contributed by atoms with Crippen LogP contribution in [0.1, 0.15) is 43.3 Å². The number of amides is 2. The van der Waals surface area contributed by atoms with Gasteiger partial charge in [-0.15, -0.1) is 11.3 Å². The molecule has 0 radical (unpaired) electrons. The van der Waals surface area contributed by atoms with Gasteiger partial charge in [0, 0.05) is 18.0 Å². The lowest BCUT2D eigenvalue weighted by Crippen LogP contribution is -2.47. The third-order valence-corrected chi connectivity index (χ3v) is 5.76. The van der Waals surface area contributed by atoms with Crippen LogP contribution in [0, 0.1) is 5.92 Å². The molecule has 142 valence electrons. The molecular weight excluding hydrogens is 356 g/mol. The van der Waals surface area contributed by atoms with Gasteiger partial charge < -0.3 is 24.4 Å². The second kappa shape index (κ2) is 6.33. The highest BCUT2D eigenvalue weighted by Gasteiger charge is 2.54. The summed E-state index contributed by atoms with van der Waals surface area (Å²) in [6, 6.07) is 0.239. The van der Waals surface area contributed by atoms with Crippen LogP contribution in [0.15, 0.2) is 5.38 Å². The second-order valence-electron chi connectivity index (χ2n) is 8.01. The van der Waals surface area contributed by atoms with Crippen molar-refractivity contribution >= 4 is 23.3 Å². The van der Waals surface area contributed by atoms with E-state index in [-0.39, 0.29) is 24.1 Å². The lowest BCUT2D eigenvalue weighted by atomic mass is 10.1. The van der Waals surface area contributed by atoms with Gasteiger partial charge in [-0.3, -0.25) is 4.79 Å². The Morgan fingerprint density at radius 3 is 2.85 bits per heavy atom. The highest BCUT2D eigenvalue weighted by molar-refractivity contribution is 7.12. The first-order valence-corrected chi connectivity index (χ1v) is 9.88. The van der Waals surface area contributed by atoms with Crippen LogP contribution in [0.25, 0.3) is 0 Å². The molecule has 0 aromatic carbocycles. The molecule has 7 nitrogen and oxygen atoms in total. The first-order chi connectivity index (χ1) is 12.3. The van der Waals surface area contributed by atoms with Gasteiger partial charge in [0.25, 0.3) is 5.91 Å². The minimum atomic E-state index is -0.523. The van der Waals surface area contributed by atoms with Crippen LogP contribution in [0.3, 0.4) is 0 Å². The fourth-order valence-corrected chi connectivity index (χ4v) is 4.50. The topological polar surface area (TPSA) is 77.1 Å². The van der Waals surface area contributed by atoms with Crippen molar-refractivity contribution in [1.82, 2.24) is 10.2 Å². The van der Waals surface area contributed by atoms with E-state index >= 15 is 0 Å². The number of hydrogen-bond acceptors (Lipinski definition) is 6. The molecular formula is C18H24N2O5S. The molecule has 1 N–H and O–H groups in total. The minimum absolute atomic E-state index is 0.0227. The molecule has 3 heterocycles. The number of rotatable bonds is 3. The molecule has 26 heavy (non-hydrogen) atoms. The van der Waals surface area contributed by atoms with Crippen LogP contribution in [0.2, 0.25) is 0 Å². The molecule has 1 aromatic rings. The molecule has 2 fully saturated rings. The number of piperidine rings is 1. The summed E-state index contributed by atoms with van der Waals surface area (Å²) in [4.78, 5) is 27.4. The predicted octanol–water partition coefficient (Wildman–Crippen LogP) is 2.65. The van der Waals surface area contributed by atoms with Gasteiger partial charge in [-0.05, 0) is 39.5 Å². The van der Waals surface area contributed by atoms with Crippen molar-refractivity contribution in [3.05, 3.63) is 10.3 Å². The Morgan fingerprint density at radius 1 is 1.31 bits per heavy atom. The molecule has 2 amide bonds. The van der Waals surface area contributed by atoms with Gasteiger partial charge in [0.15, 0.2) is 11.5 Å². The van der Waals surface area contributed by atoms with E-state index in [1.807, 2.05) is 25.7 Å². The number of likely N-dealkylation sites (tertiary alicyclic amines) is 1. The quantitative estimate of drug-likeness (QED) is 0.872. The molecule has 1 aliphatic carbocycles. The fraction of sp³-hybridized carbons (Fsp3) is 0.667. The summed E-state index contributed by atoms with van der Waals surface area (Å²) < 4.78 is 16.6. The third-order valence-electron chi connectivity index (χ3n) is 4.82. The molecule has 4 rings (SSSR count). The molecule has 1 saturated carbocycles. The zero-order valence-corrected chi connectivity index (χ0v) is 16.1. The van der Waals surface area contributed by atoms with Crippen molar-refractivity contribution < 1.29 is 23.8 Å². The summed E-state index contributed by atoms with van der Waals surface area (Å²) in [5.74, 6) is 1.50. The smallest absolute Gasteiger partial charge is 0.410 e. The first kappa shape index (κ1) is 17.5. The van der Waals surface area contributed by atoms with Crippen LogP contribution >= 0.6 is 11.3 Å². The average molecular weight is 380 g/mol. The number of nitrogens with zero attached hydrogens (tertiary/aromatic N) is 1. The van der Waals surface area contributed by atoms with Crippen LogP contribution < -0.4 is 14.8 Å². The van der Waals surface area contributed by atoms with E-state index in [0.717, 1.165) is 12.8 Å². The van der Waals surface area contributed by atoms with E-state index in [1.54, 1.807) is 5.38 Å². The van der Waals surface area contributed by atoms with Crippen molar-refractivity contribution in [2.45, 2.75) is 51.3 Å². The molecule has 2 aliphatic heterocycles. The van der Waals surface area contributed by atoms with E-state index in [1.165, 1.54) is 11.3 Å². The van der Waals surface area contributed by atoms with Crippen LogP contribution in [0.5, 0.6) is 11.5 Å². The number of fused-ring (bicyclic) bond motifs is 2. The van der Waals surface area contributed by atoms with Crippen molar-refractivity contribution in [2.75, 3.05) is 19.8 Å². The Kier molecular flexibility index (Phi) is 4.25. The SMILES string of the molecule is CC(C)(C)OC(=O)N1C(CNC(=O)c2scc3c2OCCO3)CC2C[C@@H]21. The number of carbonyl (C=O) groups excluding carboxylic acids is 2. The molecule has 0 bridgehead atoms. The van der Waals surface area contributed by atoms with Gasteiger partial charge in [-0.2, -0.15) is 0 Å². The standard InChI is InChI=1S/C18H24N2O5S/c1-18(2,3)25-17(22)20-11(6-10-7-12(10)20)8-19-16(21)15-14-13(9-26-15)23-4-5-24-14/h9-12H,4-8H2,1-3H3,(H,19,21)/t10?,11?,12-/m0/s1. The Labute approximate surface area is 156 Å². The van der Waals surface area contributed by atoms with Crippen molar-refractivity contribution in [3.8, 4) is 11.5 Å². The van der Waals surface area contributed by atoms with Crippen molar-refractivity contribution in [3.63, 3.8) is 0 Å².